The van der Waals surface area contributed by atoms with E-state index in [-0.39, 0.29) is 5.56 Å². The average Bonchev–Trinajstić information content (AvgIpc) is 2.25. The van der Waals surface area contributed by atoms with Crippen LogP contribution in [-0.4, -0.2) is 25.4 Å². The summed E-state index contributed by atoms with van der Waals surface area (Å²) in [6, 6.07) is 4.88. The van der Waals surface area contributed by atoms with E-state index in [1.54, 1.807) is 0 Å². The molecule has 0 saturated heterocycles. The monoisotopic (exact) mass is 248 g/mol. The van der Waals surface area contributed by atoms with Gasteiger partial charge in [-0.2, -0.15) is 0 Å². The number of alkyl halides is 3. The third-order valence-corrected chi connectivity index (χ3v) is 2.07. The summed E-state index contributed by atoms with van der Waals surface area (Å²) in [5, 5.41) is 0. The topological polar surface area (TPSA) is 35.5 Å². The molecular weight excluding hydrogens is 237 g/mol. The van der Waals surface area contributed by atoms with Crippen molar-refractivity contribution >= 4 is 5.78 Å². The molecule has 1 unspecified atom stereocenters. The van der Waals surface area contributed by atoms with Crippen LogP contribution in [0.4, 0.5) is 13.2 Å². The maximum absolute atomic E-state index is 12.0. The minimum absolute atomic E-state index is 0.112. The van der Waals surface area contributed by atoms with Gasteiger partial charge in [-0.15, -0.1) is 13.2 Å². The highest BCUT2D eigenvalue weighted by Gasteiger charge is 2.31. The molecule has 1 atom stereocenters. The zero-order chi connectivity index (χ0) is 13.1. The van der Waals surface area contributed by atoms with Crippen molar-refractivity contribution in [2.75, 3.05) is 7.11 Å². The van der Waals surface area contributed by atoms with Crippen molar-refractivity contribution in [2.45, 2.75) is 19.4 Å². The van der Waals surface area contributed by atoms with E-state index >= 15 is 0 Å². The van der Waals surface area contributed by atoms with Crippen molar-refractivity contribution in [2.24, 2.45) is 0 Å². The fourth-order valence-corrected chi connectivity index (χ4v) is 1.19. The van der Waals surface area contributed by atoms with Crippen LogP contribution >= 0.6 is 0 Å². The lowest BCUT2D eigenvalue weighted by molar-refractivity contribution is -0.274. The standard InChI is InChI=1S/C11H11F3O3/c1-7(16-2)10(15)8-4-3-5-9(6-8)17-11(12,13)14/h3-7H,1-2H3. The van der Waals surface area contributed by atoms with Gasteiger partial charge in [-0.1, -0.05) is 12.1 Å². The molecule has 0 saturated carbocycles. The zero-order valence-corrected chi connectivity index (χ0v) is 9.25. The summed E-state index contributed by atoms with van der Waals surface area (Å²) in [5.41, 5.74) is 0.112. The molecule has 0 bridgehead atoms. The molecule has 0 spiro atoms. The molecule has 17 heavy (non-hydrogen) atoms. The van der Waals surface area contributed by atoms with E-state index in [2.05, 4.69) is 4.74 Å². The normalized spacial score (nSPS) is 13.2. The zero-order valence-electron chi connectivity index (χ0n) is 9.25. The molecule has 1 aromatic rings. The Morgan fingerprint density at radius 3 is 2.53 bits per heavy atom. The lowest BCUT2D eigenvalue weighted by Gasteiger charge is -2.11. The van der Waals surface area contributed by atoms with E-state index < -0.39 is 24.0 Å². The lowest BCUT2D eigenvalue weighted by Crippen LogP contribution is -2.20. The Hall–Kier alpha value is -1.56. The smallest absolute Gasteiger partial charge is 0.406 e. The number of ketones is 1. The molecule has 0 aromatic heterocycles. The number of hydrogen-bond donors (Lipinski definition) is 0. The van der Waals surface area contributed by atoms with E-state index in [1.165, 1.54) is 26.2 Å². The number of ether oxygens (including phenoxy) is 2. The highest BCUT2D eigenvalue weighted by atomic mass is 19.4. The van der Waals surface area contributed by atoms with Gasteiger partial charge in [0.2, 0.25) is 0 Å². The first kappa shape index (κ1) is 13.5. The van der Waals surface area contributed by atoms with Crippen molar-refractivity contribution in [3.8, 4) is 5.75 Å². The molecule has 3 nitrogen and oxygen atoms in total. The number of carbonyl (C=O) groups is 1. The Bertz CT molecular complexity index is 401. The highest BCUT2D eigenvalue weighted by molar-refractivity contribution is 5.99. The third kappa shape index (κ3) is 4.07. The Morgan fingerprint density at radius 1 is 1.35 bits per heavy atom. The average molecular weight is 248 g/mol. The van der Waals surface area contributed by atoms with Gasteiger partial charge in [-0.25, -0.2) is 0 Å². The van der Waals surface area contributed by atoms with Crippen LogP contribution in [0.1, 0.15) is 17.3 Å². The SMILES string of the molecule is COC(C)C(=O)c1cccc(OC(F)(F)F)c1. The van der Waals surface area contributed by atoms with Crippen LogP contribution in [0.3, 0.4) is 0 Å². The fourth-order valence-electron chi connectivity index (χ4n) is 1.19. The van der Waals surface area contributed by atoms with Crippen LogP contribution in [0, 0.1) is 0 Å². The van der Waals surface area contributed by atoms with Crippen LogP contribution in [-0.2, 0) is 4.74 Å². The number of carbonyl (C=O) groups excluding carboxylic acids is 1. The Kier molecular flexibility index (Phi) is 4.11. The molecular formula is C11H11F3O3. The van der Waals surface area contributed by atoms with E-state index in [9.17, 15) is 18.0 Å². The second kappa shape index (κ2) is 5.18. The van der Waals surface area contributed by atoms with E-state index in [1.807, 2.05) is 0 Å². The minimum Gasteiger partial charge on any atom is -0.406 e. The summed E-state index contributed by atoms with van der Waals surface area (Å²) >= 11 is 0. The van der Waals surface area contributed by atoms with Crippen molar-refractivity contribution in [1.82, 2.24) is 0 Å². The molecule has 0 N–H and O–H groups in total. The molecule has 1 aromatic carbocycles. The fraction of sp³-hybridized carbons (Fsp3) is 0.364. The van der Waals surface area contributed by atoms with Gasteiger partial charge in [0.05, 0.1) is 0 Å². The van der Waals surface area contributed by atoms with Crippen molar-refractivity contribution < 1.29 is 27.4 Å². The third-order valence-electron chi connectivity index (χ3n) is 2.07. The van der Waals surface area contributed by atoms with Crippen LogP contribution in [0.25, 0.3) is 0 Å². The number of rotatable bonds is 4. The molecule has 0 radical (unpaired) electrons. The van der Waals surface area contributed by atoms with Crippen molar-refractivity contribution in [3.63, 3.8) is 0 Å². The maximum Gasteiger partial charge on any atom is 0.573 e. The summed E-state index contributed by atoms with van der Waals surface area (Å²) in [6.45, 7) is 1.51. The Balaban J connectivity index is 2.90. The van der Waals surface area contributed by atoms with Gasteiger partial charge < -0.3 is 9.47 Å². The summed E-state index contributed by atoms with van der Waals surface area (Å²) in [7, 11) is 1.35. The van der Waals surface area contributed by atoms with Gasteiger partial charge in [0, 0.05) is 12.7 Å². The Morgan fingerprint density at radius 2 is 2.00 bits per heavy atom. The minimum atomic E-state index is -4.77. The molecule has 0 aliphatic heterocycles. The molecule has 0 amide bonds. The quantitative estimate of drug-likeness (QED) is 0.768. The maximum atomic E-state index is 12.0. The lowest BCUT2D eigenvalue weighted by atomic mass is 10.1. The first-order chi connectivity index (χ1) is 7.83. The molecule has 6 heteroatoms. The summed E-state index contributed by atoms with van der Waals surface area (Å²) < 4.78 is 44.4. The summed E-state index contributed by atoms with van der Waals surface area (Å²) in [5.74, 6) is -0.827. The number of hydrogen-bond acceptors (Lipinski definition) is 3. The van der Waals surface area contributed by atoms with Gasteiger partial charge >= 0.3 is 6.36 Å². The van der Waals surface area contributed by atoms with Crippen molar-refractivity contribution in [3.05, 3.63) is 29.8 Å². The predicted molar refractivity (Wildman–Crippen MR) is 53.9 cm³/mol. The van der Waals surface area contributed by atoms with Crippen molar-refractivity contribution in [1.29, 1.82) is 0 Å². The molecule has 94 valence electrons. The first-order valence-corrected chi connectivity index (χ1v) is 4.76. The first-order valence-electron chi connectivity index (χ1n) is 4.76. The second-order valence-electron chi connectivity index (χ2n) is 3.32. The van der Waals surface area contributed by atoms with Crippen LogP contribution < -0.4 is 4.74 Å². The summed E-state index contributed by atoms with van der Waals surface area (Å²) in [6.07, 6.45) is -5.48. The van der Waals surface area contributed by atoms with Crippen LogP contribution in [0.2, 0.25) is 0 Å². The summed E-state index contributed by atoms with van der Waals surface area (Å²) in [4.78, 5) is 11.6. The number of halogens is 3. The van der Waals surface area contributed by atoms with Gasteiger partial charge in [0.15, 0.2) is 5.78 Å². The largest absolute Gasteiger partial charge is 0.573 e. The second-order valence-corrected chi connectivity index (χ2v) is 3.32. The molecule has 0 heterocycles. The van der Waals surface area contributed by atoms with Crippen LogP contribution in [0.5, 0.6) is 5.75 Å². The van der Waals surface area contributed by atoms with E-state index in [0.717, 1.165) is 12.1 Å². The van der Waals surface area contributed by atoms with Crippen LogP contribution in [0.15, 0.2) is 24.3 Å². The molecule has 0 aliphatic carbocycles. The number of benzene rings is 1. The molecule has 0 aliphatic rings. The van der Waals surface area contributed by atoms with Gasteiger partial charge in [0.1, 0.15) is 11.9 Å². The predicted octanol–water partition coefficient (Wildman–Crippen LogP) is 2.80. The van der Waals surface area contributed by atoms with Gasteiger partial charge in [-0.3, -0.25) is 4.79 Å². The molecule has 1 rings (SSSR count). The Labute approximate surface area is 96.1 Å². The van der Waals surface area contributed by atoms with Gasteiger partial charge in [-0.05, 0) is 19.1 Å². The molecule has 0 fully saturated rings. The number of methoxy groups -OCH3 is 1. The van der Waals surface area contributed by atoms with E-state index in [0.29, 0.717) is 0 Å². The number of Topliss-reactive ketones (excluding diaryl/α,β-unsaturated/α-hetero) is 1. The van der Waals surface area contributed by atoms with Gasteiger partial charge in [0.25, 0.3) is 0 Å². The highest BCUT2D eigenvalue weighted by Crippen LogP contribution is 2.23. The van der Waals surface area contributed by atoms with E-state index in [4.69, 9.17) is 4.74 Å².